The van der Waals surface area contributed by atoms with Gasteiger partial charge in [0.05, 0.1) is 10.2 Å². The smallest absolute Gasteiger partial charge is 0.335 e. The van der Waals surface area contributed by atoms with Gasteiger partial charge in [-0.25, -0.2) is 9.69 Å². The first kappa shape index (κ1) is 25.6. The number of rotatable bonds is 5. The lowest BCUT2D eigenvalue weighted by atomic mass is 10.1. The second kappa shape index (κ2) is 10.7. The molecule has 1 saturated heterocycles. The first-order valence-electron chi connectivity index (χ1n) is 10.2. The third-order valence-corrected chi connectivity index (χ3v) is 7.13. The summed E-state index contributed by atoms with van der Waals surface area (Å²) in [6, 6.07) is 15.1. The summed E-state index contributed by atoms with van der Waals surface area (Å²) in [6.45, 7) is 2.07. The second-order valence-electron chi connectivity index (χ2n) is 7.61. The molecule has 0 unspecified atom stereocenters. The van der Waals surface area contributed by atoms with E-state index in [1.807, 2.05) is 24.3 Å². The molecule has 0 spiro atoms. The van der Waals surface area contributed by atoms with Crippen molar-refractivity contribution in [3.63, 3.8) is 0 Å². The van der Waals surface area contributed by atoms with E-state index in [2.05, 4.69) is 53.1 Å². The summed E-state index contributed by atoms with van der Waals surface area (Å²) in [5, 5.41) is 2.62. The number of imide groups is 2. The van der Waals surface area contributed by atoms with Crippen LogP contribution in [-0.4, -0.2) is 17.8 Å². The molecule has 1 aliphatic heterocycles. The Kier molecular flexibility index (Phi) is 7.80. The lowest BCUT2D eigenvalue weighted by Crippen LogP contribution is -2.54. The van der Waals surface area contributed by atoms with Crippen LogP contribution in [0, 0.1) is 6.92 Å². The van der Waals surface area contributed by atoms with E-state index in [-0.39, 0.29) is 17.9 Å². The van der Waals surface area contributed by atoms with Crippen LogP contribution in [0.15, 0.2) is 73.6 Å². The summed E-state index contributed by atoms with van der Waals surface area (Å²) in [5.41, 5.74) is 2.22. The molecule has 3 aromatic rings. The van der Waals surface area contributed by atoms with E-state index in [4.69, 9.17) is 16.3 Å². The van der Waals surface area contributed by atoms with Crippen molar-refractivity contribution in [2.75, 3.05) is 4.90 Å². The number of hydrogen-bond acceptors (Lipinski definition) is 4. The van der Waals surface area contributed by atoms with Gasteiger partial charge in [0.25, 0.3) is 11.8 Å². The maximum atomic E-state index is 13.3. The third-order valence-electron chi connectivity index (χ3n) is 5.15. The number of carbonyl (C=O) groups excluding carboxylic acids is 3. The van der Waals surface area contributed by atoms with Gasteiger partial charge in [-0.2, -0.15) is 0 Å². The van der Waals surface area contributed by atoms with E-state index >= 15 is 0 Å². The van der Waals surface area contributed by atoms with E-state index in [9.17, 15) is 14.4 Å². The maximum absolute atomic E-state index is 13.3. The second-order valence-corrected chi connectivity index (χ2v) is 10.7. The predicted molar refractivity (Wildman–Crippen MR) is 146 cm³/mol. The Morgan fingerprint density at radius 3 is 2.37 bits per heavy atom. The van der Waals surface area contributed by atoms with Crippen molar-refractivity contribution in [2.24, 2.45) is 0 Å². The van der Waals surface area contributed by atoms with Crippen molar-refractivity contribution >= 4 is 89.0 Å². The molecule has 4 amide bonds. The van der Waals surface area contributed by atoms with Gasteiger partial charge in [0.15, 0.2) is 0 Å². The Morgan fingerprint density at radius 2 is 1.69 bits per heavy atom. The summed E-state index contributed by atoms with van der Waals surface area (Å²) in [7, 11) is 0. The Morgan fingerprint density at radius 1 is 0.971 bits per heavy atom. The summed E-state index contributed by atoms with van der Waals surface area (Å²) in [6.07, 6.45) is 1.40. The minimum Gasteiger partial charge on any atom is -0.487 e. The fourth-order valence-electron chi connectivity index (χ4n) is 3.34. The fourth-order valence-corrected chi connectivity index (χ4v) is 5.16. The van der Waals surface area contributed by atoms with Crippen LogP contribution in [0.1, 0.15) is 16.7 Å². The normalized spacial score (nSPS) is 14.9. The van der Waals surface area contributed by atoms with E-state index in [1.165, 1.54) is 12.1 Å². The number of amides is 4. The number of aryl methyl sites for hydroxylation is 1. The monoisotopic (exact) mass is 680 g/mol. The number of anilines is 1. The molecule has 10 heteroatoms. The van der Waals surface area contributed by atoms with Gasteiger partial charge < -0.3 is 4.74 Å². The number of nitrogens with zero attached hydrogens (tertiary/aromatic N) is 1. The number of hydrogen-bond donors (Lipinski definition) is 1. The minimum absolute atomic E-state index is 0.222. The standard InChI is InChI=1S/C25H16Br3ClN2O4/c1-13-2-7-18(11-21(13)29)31-24(33)19(23(32)30-25(31)34)9-15-8-17(27)10-20(28)22(15)35-12-14-3-5-16(26)6-4-14/h2-11H,12H2,1H3,(H,30,32,34)/b19-9+. The lowest BCUT2D eigenvalue weighted by Gasteiger charge is -2.26. The Hall–Kier alpha value is -2.46. The number of ether oxygens (including phenoxy) is 1. The number of carbonyl (C=O) groups is 3. The topological polar surface area (TPSA) is 75.7 Å². The van der Waals surface area contributed by atoms with Gasteiger partial charge in [0.1, 0.15) is 17.9 Å². The molecule has 0 atom stereocenters. The molecule has 4 rings (SSSR count). The van der Waals surface area contributed by atoms with Gasteiger partial charge in [-0.3, -0.25) is 14.9 Å². The highest BCUT2D eigenvalue weighted by Gasteiger charge is 2.37. The molecule has 0 radical (unpaired) electrons. The number of halogens is 4. The molecule has 0 aromatic heterocycles. The molecule has 0 aliphatic carbocycles. The maximum Gasteiger partial charge on any atom is 0.335 e. The van der Waals surface area contributed by atoms with Gasteiger partial charge in [0, 0.05) is 19.5 Å². The molecule has 1 aliphatic rings. The average molecular weight is 684 g/mol. The zero-order chi connectivity index (χ0) is 25.3. The van der Waals surface area contributed by atoms with Crippen molar-refractivity contribution in [1.29, 1.82) is 0 Å². The zero-order valence-corrected chi connectivity index (χ0v) is 23.6. The van der Waals surface area contributed by atoms with E-state index in [1.54, 1.807) is 31.2 Å². The molecule has 1 fully saturated rings. The Balaban J connectivity index is 1.71. The van der Waals surface area contributed by atoms with E-state index in [0.717, 1.165) is 20.5 Å². The fraction of sp³-hybridized carbons (Fsp3) is 0.0800. The molecule has 0 bridgehead atoms. The van der Waals surface area contributed by atoms with Crippen LogP contribution in [0.3, 0.4) is 0 Å². The van der Waals surface area contributed by atoms with E-state index < -0.39 is 17.8 Å². The highest BCUT2D eigenvalue weighted by Crippen LogP contribution is 2.36. The lowest BCUT2D eigenvalue weighted by molar-refractivity contribution is -0.122. The molecule has 3 aromatic carbocycles. The van der Waals surface area contributed by atoms with Crippen molar-refractivity contribution in [1.82, 2.24) is 5.32 Å². The Bertz CT molecular complexity index is 1390. The molecular formula is C25H16Br3ClN2O4. The van der Waals surface area contributed by atoms with E-state index in [0.29, 0.717) is 25.3 Å². The molecule has 178 valence electrons. The van der Waals surface area contributed by atoms with Gasteiger partial charge in [-0.1, -0.05) is 61.7 Å². The molecule has 1 N–H and O–H groups in total. The van der Waals surface area contributed by atoms with Crippen LogP contribution in [0.5, 0.6) is 5.75 Å². The molecule has 6 nitrogen and oxygen atoms in total. The molecular weight excluding hydrogens is 667 g/mol. The van der Waals surface area contributed by atoms with Gasteiger partial charge in [0.2, 0.25) is 0 Å². The zero-order valence-electron chi connectivity index (χ0n) is 18.1. The van der Waals surface area contributed by atoms with Crippen molar-refractivity contribution in [3.05, 3.63) is 95.3 Å². The SMILES string of the molecule is Cc1ccc(N2C(=O)NC(=O)/C(=C\c3cc(Br)cc(Br)c3OCc3ccc(Br)cc3)C2=O)cc1Cl. The summed E-state index contributed by atoms with van der Waals surface area (Å²) >= 11 is 16.5. The van der Waals surface area contributed by atoms with Crippen molar-refractivity contribution in [3.8, 4) is 5.75 Å². The minimum atomic E-state index is -0.848. The van der Waals surface area contributed by atoms with Crippen LogP contribution >= 0.6 is 59.4 Å². The average Bonchev–Trinajstić information content (AvgIpc) is 2.79. The first-order chi connectivity index (χ1) is 16.6. The highest BCUT2D eigenvalue weighted by atomic mass is 79.9. The quantitative estimate of drug-likeness (QED) is 0.229. The van der Waals surface area contributed by atoms with Gasteiger partial charge in [-0.15, -0.1) is 0 Å². The summed E-state index contributed by atoms with van der Waals surface area (Å²) in [5.74, 6) is -1.14. The van der Waals surface area contributed by atoms with Gasteiger partial charge >= 0.3 is 6.03 Å². The van der Waals surface area contributed by atoms with Crippen LogP contribution in [0.4, 0.5) is 10.5 Å². The predicted octanol–water partition coefficient (Wildman–Crippen LogP) is 7.18. The van der Waals surface area contributed by atoms with Crippen molar-refractivity contribution < 1.29 is 19.1 Å². The largest absolute Gasteiger partial charge is 0.487 e. The van der Waals surface area contributed by atoms with Crippen LogP contribution in [-0.2, 0) is 16.2 Å². The molecule has 0 saturated carbocycles. The van der Waals surface area contributed by atoms with Gasteiger partial charge in [-0.05, 0) is 76.5 Å². The molecule has 35 heavy (non-hydrogen) atoms. The molecule has 1 heterocycles. The third kappa shape index (κ3) is 5.69. The number of barbiturate groups is 1. The first-order valence-corrected chi connectivity index (χ1v) is 12.9. The number of urea groups is 1. The Labute approximate surface area is 231 Å². The highest BCUT2D eigenvalue weighted by molar-refractivity contribution is 9.11. The number of nitrogens with one attached hydrogen (secondary N) is 1. The summed E-state index contributed by atoms with van der Waals surface area (Å²) in [4.78, 5) is 39.4. The van der Waals surface area contributed by atoms with Crippen molar-refractivity contribution in [2.45, 2.75) is 13.5 Å². The van der Waals surface area contributed by atoms with Crippen LogP contribution in [0.2, 0.25) is 5.02 Å². The number of benzene rings is 3. The van der Waals surface area contributed by atoms with Crippen LogP contribution in [0.25, 0.3) is 6.08 Å². The van der Waals surface area contributed by atoms with Crippen LogP contribution < -0.4 is 15.0 Å². The summed E-state index contributed by atoms with van der Waals surface area (Å²) < 4.78 is 8.33.